The first-order valence-electron chi connectivity index (χ1n) is 7.51. The first-order chi connectivity index (χ1) is 11.3. The molecule has 0 bridgehead atoms. The maximum absolute atomic E-state index is 8.98. The van der Waals surface area contributed by atoms with E-state index < -0.39 is 0 Å². The predicted molar refractivity (Wildman–Crippen MR) is 86.4 cm³/mol. The fourth-order valence-electron chi connectivity index (χ4n) is 2.92. The molecule has 0 aliphatic carbocycles. The molecule has 0 N–H and O–H groups in total. The fraction of sp³-hybridized carbons (Fsp3) is 0.250. The number of hydrogen-bond acceptors (Lipinski definition) is 6. The highest BCUT2D eigenvalue weighted by molar-refractivity contribution is 5.52. The van der Waals surface area contributed by atoms with Gasteiger partial charge in [0.1, 0.15) is 29.7 Å². The molecule has 114 valence electrons. The molecule has 3 aromatic rings. The second kappa shape index (κ2) is 5.57. The highest BCUT2D eigenvalue weighted by Gasteiger charge is 2.20. The van der Waals surface area contributed by atoms with Crippen molar-refractivity contribution in [2.45, 2.75) is 0 Å². The van der Waals surface area contributed by atoms with Gasteiger partial charge in [0.2, 0.25) is 0 Å². The van der Waals surface area contributed by atoms with E-state index in [0.717, 1.165) is 43.5 Å². The van der Waals surface area contributed by atoms with Gasteiger partial charge in [0.15, 0.2) is 5.65 Å². The van der Waals surface area contributed by atoms with Gasteiger partial charge < -0.3 is 9.80 Å². The number of pyridine rings is 2. The molecule has 0 spiro atoms. The minimum atomic E-state index is 0.458. The lowest BCUT2D eigenvalue weighted by molar-refractivity contribution is 0.639. The van der Waals surface area contributed by atoms with Gasteiger partial charge in [-0.3, -0.25) is 4.40 Å². The van der Waals surface area contributed by atoms with Crippen LogP contribution in [-0.4, -0.2) is 45.8 Å². The van der Waals surface area contributed by atoms with Gasteiger partial charge in [-0.2, -0.15) is 5.26 Å². The summed E-state index contributed by atoms with van der Waals surface area (Å²) < 4.78 is 2.00. The van der Waals surface area contributed by atoms with E-state index in [1.54, 1.807) is 12.4 Å². The van der Waals surface area contributed by atoms with Crippen LogP contribution in [0.25, 0.3) is 5.65 Å². The minimum absolute atomic E-state index is 0.458. The third-order valence-electron chi connectivity index (χ3n) is 4.09. The Bertz CT molecular complexity index is 871. The Labute approximate surface area is 133 Å². The Morgan fingerprint density at radius 3 is 2.57 bits per heavy atom. The summed E-state index contributed by atoms with van der Waals surface area (Å²) in [5.41, 5.74) is 1.31. The Balaban J connectivity index is 1.53. The highest BCUT2D eigenvalue weighted by Crippen LogP contribution is 2.20. The summed E-state index contributed by atoms with van der Waals surface area (Å²) in [6.07, 6.45) is 1.75. The maximum atomic E-state index is 8.98. The molecule has 7 nitrogen and oxygen atoms in total. The number of rotatable bonds is 2. The Morgan fingerprint density at radius 1 is 0.957 bits per heavy atom. The number of nitriles is 1. The van der Waals surface area contributed by atoms with Gasteiger partial charge >= 0.3 is 0 Å². The summed E-state index contributed by atoms with van der Waals surface area (Å²) in [7, 11) is 0. The van der Waals surface area contributed by atoms with Crippen LogP contribution in [0.5, 0.6) is 0 Å². The third-order valence-corrected chi connectivity index (χ3v) is 4.09. The van der Waals surface area contributed by atoms with Crippen LogP contribution in [-0.2, 0) is 0 Å². The minimum Gasteiger partial charge on any atom is -0.354 e. The molecule has 0 amide bonds. The van der Waals surface area contributed by atoms with E-state index in [2.05, 4.69) is 37.1 Å². The lowest BCUT2D eigenvalue weighted by Gasteiger charge is -2.36. The normalized spacial score (nSPS) is 14.9. The molecule has 0 radical (unpaired) electrons. The van der Waals surface area contributed by atoms with Crippen LogP contribution in [0.4, 0.5) is 11.6 Å². The van der Waals surface area contributed by atoms with E-state index in [1.165, 1.54) is 0 Å². The van der Waals surface area contributed by atoms with Crippen molar-refractivity contribution < 1.29 is 0 Å². The molecule has 0 unspecified atom stereocenters. The van der Waals surface area contributed by atoms with Crippen LogP contribution in [0.15, 0.2) is 42.7 Å². The lowest BCUT2D eigenvalue weighted by atomic mass is 10.2. The van der Waals surface area contributed by atoms with Crippen molar-refractivity contribution in [1.29, 1.82) is 5.26 Å². The molecule has 0 atom stereocenters. The van der Waals surface area contributed by atoms with E-state index in [-0.39, 0.29) is 0 Å². The SMILES string of the molecule is N#Cc1cccc(N2CCN(c3cccc4nncn34)CC2)n1. The zero-order chi connectivity index (χ0) is 15.6. The van der Waals surface area contributed by atoms with Crippen molar-refractivity contribution in [3.63, 3.8) is 0 Å². The number of fused-ring (bicyclic) bond motifs is 1. The number of anilines is 2. The van der Waals surface area contributed by atoms with Gasteiger partial charge in [-0.05, 0) is 24.3 Å². The quantitative estimate of drug-likeness (QED) is 0.711. The van der Waals surface area contributed by atoms with Crippen molar-refractivity contribution in [2.75, 3.05) is 36.0 Å². The zero-order valence-corrected chi connectivity index (χ0v) is 12.5. The second-order valence-electron chi connectivity index (χ2n) is 5.41. The van der Waals surface area contributed by atoms with Crippen LogP contribution in [0.2, 0.25) is 0 Å². The van der Waals surface area contributed by atoms with Gasteiger partial charge in [0.05, 0.1) is 0 Å². The fourth-order valence-corrected chi connectivity index (χ4v) is 2.92. The van der Waals surface area contributed by atoms with Crippen LogP contribution < -0.4 is 9.80 Å². The Kier molecular flexibility index (Phi) is 3.27. The van der Waals surface area contributed by atoms with Crippen molar-refractivity contribution in [2.24, 2.45) is 0 Å². The maximum Gasteiger partial charge on any atom is 0.162 e. The molecule has 3 aromatic heterocycles. The first-order valence-corrected chi connectivity index (χ1v) is 7.51. The van der Waals surface area contributed by atoms with E-state index in [0.29, 0.717) is 5.69 Å². The van der Waals surface area contributed by atoms with Gasteiger partial charge in [-0.1, -0.05) is 12.1 Å². The van der Waals surface area contributed by atoms with Crippen molar-refractivity contribution >= 4 is 17.3 Å². The summed E-state index contributed by atoms with van der Waals surface area (Å²) in [6.45, 7) is 3.49. The molecule has 4 rings (SSSR count). The molecule has 7 heteroatoms. The van der Waals surface area contributed by atoms with Gasteiger partial charge in [-0.25, -0.2) is 4.98 Å². The average Bonchev–Trinajstić information content (AvgIpc) is 3.11. The molecular formula is C16H15N7. The molecular weight excluding hydrogens is 290 g/mol. The molecule has 0 saturated carbocycles. The third kappa shape index (κ3) is 2.44. The molecule has 4 heterocycles. The molecule has 1 aliphatic rings. The first kappa shape index (κ1) is 13.5. The number of hydrogen-bond donors (Lipinski definition) is 0. The van der Waals surface area contributed by atoms with Crippen LogP contribution in [0.1, 0.15) is 5.69 Å². The van der Waals surface area contributed by atoms with Crippen LogP contribution in [0, 0.1) is 11.3 Å². The average molecular weight is 305 g/mol. The zero-order valence-electron chi connectivity index (χ0n) is 12.5. The molecule has 1 aliphatic heterocycles. The van der Waals surface area contributed by atoms with Gasteiger partial charge in [0, 0.05) is 26.2 Å². The van der Waals surface area contributed by atoms with E-state index in [1.807, 2.05) is 28.7 Å². The topological polar surface area (TPSA) is 73.4 Å². The smallest absolute Gasteiger partial charge is 0.162 e. The van der Waals surface area contributed by atoms with Crippen molar-refractivity contribution in [3.8, 4) is 6.07 Å². The predicted octanol–water partition coefficient (Wildman–Crippen LogP) is 1.32. The second-order valence-corrected chi connectivity index (χ2v) is 5.41. The summed E-state index contributed by atoms with van der Waals surface area (Å²) in [4.78, 5) is 8.91. The summed E-state index contributed by atoms with van der Waals surface area (Å²) >= 11 is 0. The van der Waals surface area contributed by atoms with Crippen LogP contribution >= 0.6 is 0 Å². The van der Waals surface area contributed by atoms with E-state index in [9.17, 15) is 0 Å². The molecule has 1 fully saturated rings. The standard InChI is InChI=1S/C16H15N7/c17-11-13-3-1-4-14(19-13)21-7-9-22(10-8-21)16-6-2-5-15-20-18-12-23(15)16/h1-6,12H,7-10H2. The summed E-state index contributed by atoms with van der Waals surface area (Å²) in [5, 5.41) is 17.0. The Morgan fingerprint density at radius 2 is 1.74 bits per heavy atom. The molecule has 1 saturated heterocycles. The van der Waals surface area contributed by atoms with Gasteiger partial charge in [0.25, 0.3) is 0 Å². The number of nitrogens with zero attached hydrogens (tertiary/aromatic N) is 7. The van der Waals surface area contributed by atoms with E-state index >= 15 is 0 Å². The lowest BCUT2D eigenvalue weighted by Crippen LogP contribution is -2.47. The van der Waals surface area contributed by atoms with Crippen molar-refractivity contribution in [3.05, 3.63) is 48.4 Å². The van der Waals surface area contributed by atoms with Crippen molar-refractivity contribution in [1.82, 2.24) is 19.6 Å². The van der Waals surface area contributed by atoms with Gasteiger partial charge in [-0.15, -0.1) is 10.2 Å². The highest BCUT2D eigenvalue weighted by atomic mass is 15.3. The molecule has 23 heavy (non-hydrogen) atoms. The monoisotopic (exact) mass is 305 g/mol. The largest absolute Gasteiger partial charge is 0.354 e. The number of aromatic nitrogens is 4. The summed E-state index contributed by atoms with van der Waals surface area (Å²) in [6, 6.07) is 13.7. The number of piperazine rings is 1. The Hall–Kier alpha value is -3.14. The van der Waals surface area contributed by atoms with E-state index in [4.69, 9.17) is 5.26 Å². The summed E-state index contributed by atoms with van der Waals surface area (Å²) in [5.74, 6) is 1.97. The van der Waals surface area contributed by atoms with Crippen LogP contribution in [0.3, 0.4) is 0 Å². The molecule has 0 aromatic carbocycles.